The van der Waals surface area contributed by atoms with E-state index in [1.54, 1.807) is 0 Å². The van der Waals surface area contributed by atoms with Crippen molar-refractivity contribution in [2.45, 2.75) is 32.1 Å². The van der Waals surface area contributed by atoms with Crippen molar-refractivity contribution in [1.29, 1.82) is 0 Å². The van der Waals surface area contributed by atoms with Crippen LogP contribution in [0.15, 0.2) is 42.5 Å². The van der Waals surface area contributed by atoms with Crippen molar-refractivity contribution in [2.75, 3.05) is 5.32 Å². The number of carbonyl (C=O) groups is 1. The summed E-state index contributed by atoms with van der Waals surface area (Å²) in [5, 5.41) is 2.94. The average Bonchev–Trinajstić information content (AvgIpc) is 2.46. The van der Waals surface area contributed by atoms with E-state index < -0.39 is 0 Å². The van der Waals surface area contributed by atoms with Gasteiger partial charge in [-0.25, -0.2) is 4.98 Å². The van der Waals surface area contributed by atoms with Crippen LogP contribution in [0.2, 0.25) is 0 Å². The van der Waals surface area contributed by atoms with Gasteiger partial charge in [-0.3, -0.25) is 4.79 Å². The van der Waals surface area contributed by atoms with Crippen LogP contribution in [0.1, 0.15) is 35.6 Å². The van der Waals surface area contributed by atoms with E-state index in [4.69, 9.17) is 0 Å². The molecule has 1 aromatic heterocycles. The molecule has 0 bridgehead atoms. The second-order valence-corrected chi connectivity index (χ2v) is 5.30. The van der Waals surface area contributed by atoms with Crippen molar-refractivity contribution in [1.82, 2.24) is 4.98 Å². The summed E-state index contributed by atoms with van der Waals surface area (Å²) < 4.78 is 0. The molecule has 20 heavy (non-hydrogen) atoms. The number of pyridine rings is 1. The smallest absolute Gasteiger partial charge is 0.233 e. The number of carbonyl (C=O) groups excluding carboxylic acids is 1. The zero-order valence-corrected chi connectivity index (χ0v) is 11.6. The first kappa shape index (κ1) is 12.9. The Labute approximate surface area is 119 Å². The summed E-state index contributed by atoms with van der Waals surface area (Å²) in [6.07, 6.45) is 3.05. The lowest BCUT2D eigenvalue weighted by Gasteiger charge is -2.24. The number of benzene rings is 1. The third-order valence-electron chi connectivity index (χ3n) is 3.83. The third-order valence-corrected chi connectivity index (χ3v) is 3.83. The minimum absolute atomic E-state index is 0.0512. The molecule has 0 saturated carbocycles. The van der Waals surface area contributed by atoms with Crippen molar-refractivity contribution in [3.05, 3.63) is 59.3 Å². The molecule has 0 saturated heterocycles. The Morgan fingerprint density at radius 1 is 1.20 bits per heavy atom. The maximum atomic E-state index is 12.5. The standard InChI is InChI=1S/C17H18N2O/c1-12-6-4-11-16(18-12)19-17(20)15-10-5-8-13-7-2-3-9-14(13)15/h2-4,6-7,9,11,15H,5,8,10H2,1H3,(H,18,19,20). The summed E-state index contributed by atoms with van der Waals surface area (Å²) in [7, 11) is 0. The van der Waals surface area contributed by atoms with E-state index in [1.165, 1.54) is 11.1 Å². The lowest BCUT2D eigenvalue weighted by Crippen LogP contribution is -2.25. The predicted molar refractivity (Wildman–Crippen MR) is 79.7 cm³/mol. The molecule has 0 fully saturated rings. The molecule has 0 spiro atoms. The monoisotopic (exact) mass is 266 g/mol. The van der Waals surface area contributed by atoms with Gasteiger partial charge in [0.2, 0.25) is 5.91 Å². The molecule has 0 radical (unpaired) electrons. The number of nitrogens with zero attached hydrogens (tertiary/aromatic N) is 1. The van der Waals surface area contributed by atoms with Gasteiger partial charge >= 0.3 is 0 Å². The summed E-state index contributed by atoms with van der Waals surface area (Å²) in [6, 6.07) is 13.9. The van der Waals surface area contributed by atoms with E-state index in [1.807, 2.05) is 37.3 Å². The van der Waals surface area contributed by atoms with E-state index in [9.17, 15) is 4.79 Å². The van der Waals surface area contributed by atoms with Crippen LogP contribution in [0.3, 0.4) is 0 Å². The van der Waals surface area contributed by atoms with Gasteiger partial charge in [0, 0.05) is 5.69 Å². The number of amides is 1. The van der Waals surface area contributed by atoms with E-state index in [0.29, 0.717) is 5.82 Å². The number of hydrogen-bond donors (Lipinski definition) is 1. The molecule has 1 aliphatic rings. The first-order chi connectivity index (χ1) is 9.74. The van der Waals surface area contributed by atoms with E-state index in [0.717, 1.165) is 25.0 Å². The molecule has 0 aliphatic heterocycles. The number of aromatic nitrogens is 1. The quantitative estimate of drug-likeness (QED) is 0.904. The minimum atomic E-state index is -0.0535. The summed E-state index contributed by atoms with van der Waals surface area (Å²) in [5.41, 5.74) is 3.38. The second-order valence-electron chi connectivity index (χ2n) is 5.30. The highest BCUT2D eigenvalue weighted by Crippen LogP contribution is 2.32. The van der Waals surface area contributed by atoms with Crippen LogP contribution in [0.25, 0.3) is 0 Å². The Morgan fingerprint density at radius 2 is 2.05 bits per heavy atom. The Bertz CT molecular complexity index is 636. The number of rotatable bonds is 2. The van der Waals surface area contributed by atoms with Crippen LogP contribution in [0.5, 0.6) is 0 Å². The van der Waals surface area contributed by atoms with Gasteiger partial charge in [0.05, 0.1) is 5.92 Å². The number of nitrogens with one attached hydrogen (secondary N) is 1. The minimum Gasteiger partial charge on any atom is -0.310 e. The van der Waals surface area contributed by atoms with Crippen molar-refractivity contribution < 1.29 is 4.79 Å². The largest absolute Gasteiger partial charge is 0.310 e. The number of aryl methyl sites for hydroxylation is 2. The Balaban J connectivity index is 1.82. The number of hydrogen-bond acceptors (Lipinski definition) is 2. The summed E-state index contributed by atoms with van der Waals surface area (Å²) in [4.78, 5) is 16.8. The Kier molecular flexibility index (Phi) is 3.50. The van der Waals surface area contributed by atoms with Crippen LogP contribution in [-0.4, -0.2) is 10.9 Å². The molecule has 3 rings (SSSR count). The zero-order chi connectivity index (χ0) is 13.9. The maximum absolute atomic E-state index is 12.5. The average molecular weight is 266 g/mol. The van der Waals surface area contributed by atoms with Gasteiger partial charge in [-0.2, -0.15) is 0 Å². The van der Waals surface area contributed by atoms with Gasteiger partial charge in [-0.15, -0.1) is 0 Å². The topological polar surface area (TPSA) is 42.0 Å². The fraction of sp³-hybridized carbons (Fsp3) is 0.294. The summed E-state index contributed by atoms with van der Waals surface area (Å²) in [5.74, 6) is 0.635. The van der Waals surface area contributed by atoms with Gasteiger partial charge in [0.15, 0.2) is 0 Å². The SMILES string of the molecule is Cc1cccc(NC(=O)C2CCCc3ccccc32)n1. The van der Waals surface area contributed by atoms with Crippen molar-refractivity contribution in [3.8, 4) is 0 Å². The highest BCUT2D eigenvalue weighted by molar-refractivity contribution is 5.95. The summed E-state index contributed by atoms with van der Waals surface area (Å²) >= 11 is 0. The molecule has 2 aromatic rings. The Hall–Kier alpha value is -2.16. The molecule has 1 atom stereocenters. The fourth-order valence-electron chi connectivity index (χ4n) is 2.85. The second kappa shape index (κ2) is 5.45. The lowest BCUT2D eigenvalue weighted by molar-refractivity contribution is -0.117. The van der Waals surface area contributed by atoms with Crippen LogP contribution in [-0.2, 0) is 11.2 Å². The van der Waals surface area contributed by atoms with Crippen LogP contribution in [0, 0.1) is 6.92 Å². The van der Waals surface area contributed by atoms with Crippen molar-refractivity contribution >= 4 is 11.7 Å². The third kappa shape index (κ3) is 2.57. The van der Waals surface area contributed by atoms with E-state index >= 15 is 0 Å². The molecule has 1 heterocycles. The van der Waals surface area contributed by atoms with Gasteiger partial charge in [0.1, 0.15) is 5.82 Å². The number of fused-ring (bicyclic) bond motifs is 1. The van der Waals surface area contributed by atoms with Crippen LogP contribution < -0.4 is 5.32 Å². The predicted octanol–water partition coefficient (Wildman–Crippen LogP) is 3.45. The normalized spacial score (nSPS) is 17.4. The molecule has 1 amide bonds. The highest BCUT2D eigenvalue weighted by atomic mass is 16.1. The van der Waals surface area contributed by atoms with Gasteiger partial charge < -0.3 is 5.32 Å². The van der Waals surface area contributed by atoms with Gasteiger partial charge in [-0.1, -0.05) is 30.3 Å². The first-order valence-corrected chi connectivity index (χ1v) is 7.06. The van der Waals surface area contributed by atoms with Crippen molar-refractivity contribution in [3.63, 3.8) is 0 Å². The zero-order valence-electron chi connectivity index (χ0n) is 11.6. The van der Waals surface area contributed by atoms with Crippen LogP contribution in [0.4, 0.5) is 5.82 Å². The van der Waals surface area contributed by atoms with Gasteiger partial charge in [0.25, 0.3) is 0 Å². The number of anilines is 1. The summed E-state index contributed by atoms with van der Waals surface area (Å²) in [6.45, 7) is 1.92. The van der Waals surface area contributed by atoms with E-state index in [2.05, 4.69) is 22.4 Å². The molecule has 3 nitrogen and oxygen atoms in total. The molecular formula is C17H18N2O. The van der Waals surface area contributed by atoms with E-state index in [-0.39, 0.29) is 11.8 Å². The molecular weight excluding hydrogens is 248 g/mol. The Morgan fingerprint density at radius 3 is 2.90 bits per heavy atom. The maximum Gasteiger partial charge on any atom is 0.233 e. The first-order valence-electron chi connectivity index (χ1n) is 7.06. The highest BCUT2D eigenvalue weighted by Gasteiger charge is 2.26. The van der Waals surface area contributed by atoms with Crippen LogP contribution >= 0.6 is 0 Å². The van der Waals surface area contributed by atoms with Crippen molar-refractivity contribution in [2.24, 2.45) is 0 Å². The molecule has 1 unspecified atom stereocenters. The molecule has 102 valence electrons. The van der Waals surface area contributed by atoms with Gasteiger partial charge in [-0.05, 0) is 49.4 Å². The molecule has 1 N–H and O–H groups in total. The lowest BCUT2D eigenvalue weighted by atomic mass is 9.82. The molecule has 3 heteroatoms. The fourth-order valence-corrected chi connectivity index (χ4v) is 2.85. The molecule has 1 aliphatic carbocycles. The molecule has 1 aromatic carbocycles.